The number of hydrogen-bond donors (Lipinski definition) is 1. The summed E-state index contributed by atoms with van der Waals surface area (Å²) in [5, 5.41) is 7.26. The molecule has 0 bridgehead atoms. The second kappa shape index (κ2) is 6.94. The lowest BCUT2D eigenvalue weighted by atomic mass is 9.98. The molecular formula is C15H15BrF3NS. The minimum Gasteiger partial charge on any atom is -0.310 e. The first kappa shape index (κ1) is 16.5. The van der Waals surface area contributed by atoms with Gasteiger partial charge in [0.2, 0.25) is 0 Å². The predicted molar refractivity (Wildman–Crippen MR) is 83.6 cm³/mol. The summed E-state index contributed by atoms with van der Waals surface area (Å²) in [5.41, 5.74) is 1.14. The largest absolute Gasteiger partial charge is 0.416 e. The number of benzene rings is 1. The van der Waals surface area contributed by atoms with E-state index in [0.717, 1.165) is 11.6 Å². The van der Waals surface area contributed by atoms with E-state index >= 15 is 0 Å². The van der Waals surface area contributed by atoms with Crippen molar-refractivity contribution in [1.82, 2.24) is 5.32 Å². The summed E-state index contributed by atoms with van der Waals surface area (Å²) < 4.78 is 39.4. The summed E-state index contributed by atoms with van der Waals surface area (Å²) >= 11 is 4.95. The van der Waals surface area contributed by atoms with Gasteiger partial charge in [-0.05, 0) is 59.1 Å². The minimum atomic E-state index is -4.32. The zero-order valence-corrected chi connectivity index (χ0v) is 13.8. The molecule has 1 nitrogen and oxygen atoms in total. The molecule has 0 aliphatic carbocycles. The Morgan fingerprint density at radius 2 is 2.05 bits per heavy atom. The van der Waals surface area contributed by atoms with Crippen LogP contribution in [0.2, 0.25) is 0 Å². The number of likely N-dealkylation sites (N-methyl/N-ethyl adjacent to an activating group) is 1. The normalized spacial score (nSPS) is 13.4. The number of thiophene rings is 1. The van der Waals surface area contributed by atoms with Gasteiger partial charge < -0.3 is 5.32 Å². The molecule has 0 fully saturated rings. The van der Waals surface area contributed by atoms with Gasteiger partial charge in [0.05, 0.1) is 5.56 Å². The molecule has 0 spiro atoms. The van der Waals surface area contributed by atoms with E-state index < -0.39 is 11.7 Å². The van der Waals surface area contributed by atoms with Crippen molar-refractivity contribution in [1.29, 1.82) is 0 Å². The fourth-order valence-electron chi connectivity index (χ4n) is 2.17. The Labute approximate surface area is 134 Å². The lowest BCUT2D eigenvalue weighted by Crippen LogP contribution is -2.23. The van der Waals surface area contributed by atoms with E-state index in [1.165, 1.54) is 12.1 Å². The first-order valence-corrected chi connectivity index (χ1v) is 8.26. The molecule has 2 rings (SSSR count). The third-order valence-electron chi connectivity index (χ3n) is 3.17. The molecule has 1 atom stereocenters. The molecule has 0 saturated heterocycles. The molecule has 6 heteroatoms. The molecule has 0 radical (unpaired) electrons. The van der Waals surface area contributed by atoms with Gasteiger partial charge in [-0.2, -0.15) is 24.5 Å². The maximum absolute atomic E-state index is 12.9. The highest BCUT2D eigenvalue weighted by molar-refractivity contribution is 9.10. The number of rotatable bonds is 5. The van der Waals surface area contributed by atoms with Crippen molar-refractivity contribution >= 4 is 27.3 Å². The van der Waals surface area contributed by atoms with E-state index in [0.29, 0.717) is 23.0 Å². The fraction of sp³-hybridized carbons (Fsp3) is 0.333. The van der Waals surface area contributed by atoms with E-state index in [9.17, 15) is 13.2 Å². The van der Waals surface area contributed by atoms with Gasteiger partial charge in [0.25, 0.3) is 0 Å². The number of hydrogen-bond acceptors (Lipinski definition) is 2. The predicted octanol–water partition coefficient (Wildman–Crippen LogP) is 5.42. The topological polar surface area (TPSA) is 12.0 Å². The van der Waals surface area contributed by atoms with Crippen LogP contribution in [-0.2, 0) is 12.6 Å². The quantitative estimate of drug-likeness (QED) is 0.732. The molecule has 2 aromatic rings. The highest BCUT2D eigenvalue weighted by Crippen LogP contribution is 2.34. The van der Waals surface area contributed by atoms with Crippen molar-refractivity contribution in [3.05, 3.63) is 56.2 Å². The van der Waals surface area contributed by atoms with Gasteiger partial charge in [-0.25, -0.2) is 0 Å². The smallest absolute Gasteiger partial charge is 0.310 e. The van der Waals surface area contributed by atoms with Gasteiger partial charge in [-0.1, -0.05) is 22.9 Å². The van der Waals surface area contributed by atoms with E-state index in [-0.39, 0.29) is 6.04 Å². The third-order valence-corrected chi connectivity index (χ3v) is 4.62. The Kier molecular flexibility index (Phi) is 5.46. The molecule has 1 heterocycles. The summed E-state index contributed by atoms with van der Waals surface area (Å²) in [7, 11) is 0. The number of nitrogens with one attached hydrogen (secondary N) is 1. The van der Waals surface area contributed by atoms with Gasteiger partial charge in [0, 0.05) is 10.5 Å². The zero-order valence-electron chi connectivity index (χ0n) is 11.4. The molecule has 1 aromatic carbocycles. The Bertz CT molecular complexity index is 581. The standard InChI is InChI=1S/C15H15BrF3NS/c1-2-20-14(7-10-5-6-21-9-10)12-8-11(15(17,18)19)3-4-13(12)16/h3-6,8-9,14,20H,2,7H2,1H3. The molecule has 0 amide bonds. The Hall–Kier alpha value is -0.850. The number of alkyl halides is 3. The maximum atomic E-state index is 12.9. The van der Waals surface area contributed by atoms with Crippen molar-refractivity contribution in [3.63, 3.8) is 0 Å². The van der Waals surface area contributed by atoms with Gasteiger partial charge >= 0.3 is 6.18 Å². The first-order chi connectivity index (χ1) is 9.91. The molecule has 0 aliphatic heterocycles. The summed E-state index contributed by atoms with van der Waals surface area (Å²) in [6.45, 7) is 2.64. The van der Waals surface area contributed by atoms with Crippen LogP contribution in [0.25, 0.3) is 0 Å². The van der Waals surface area contributed by atoms with Gasteiger partial charge in [-0.3, -0.25) is 0 Å². The molecule has 1 N–H and O–H groups in total. The second-order valence-electron chi connectivity index (χ2n) is 4.68. The van der Waals surface area contributed by atoms with Crippen LogP contribution in [0.15, 0.2) is 39.5 Å². The first-order valence-electron chi connectivity index (χ1n) is 6.53. The summed E-state index contributed by atoms with van der Waals surface area (Å²) in [6.07, 6.45) is -3.66. The Morgan fingerprint density at radius 3 is 2.62 bits per heavy atom. The van der Waals surface area contributed by atoms with Crippen LogP contribution in [0.3, 0.4) is 0 Å². The average molecular weight is 378 g/mol. The van der Waals surface area contributed by atoms with Gasteiger partial charge in [0.1, 0.15) is 0 Å². The molecule has 0 aliphatic rings. The van der Waals surface area contributed by atoms with Crippen molar-refractivity contribution in [2.45, 2.75) is 25.6 Å². The van der Waals surface area contributed by atoms with Crippen molar-refractivity contribution in [2.24, 2.45) is 0 Å². The zero-order chi connectivity index (χ0) is 15.5. The third kappa shape index (κ3) is 4.31. The molecule has 21 heavy (non-hydrogen) atoms. The summed E-state index contributed by atoms with van der Waals surface area (Å²) in [5.74, 6) is 0. The van der Waals surface area contributed by atoms with Crippen LogP contribution >= 0.6 is 27.3 Å². The van der Waals surface area contributed by atoms with E-state index in [4.69, 9.17) is 0 Å². The fourth-order valence-corrected chi connectivity index (χ4v) is 3.37. The molecule has 0 saturated carbocycles. The van der Waals surface area contributed by atoms with Crippen LogP contribution in [0.1, 0.15) is 29.7 Å². The average Bonchev–Trinajstić information content (AvgIpc) is 2.90. The van der Waals surface area contributed by atoms with Crippen LogP contribution in [-0.4, -0.2) is 6.54 Å². The van der Waals surface area contributed by atoms with E-state index in [1.807, 2.05) is 23.8 Å². The van der Waals surface area contributed by atoms with Crippen LogP contribution in [0.4, 0.5) is 13.2 Å². The second-order valence-corrected chi connectivity index (χ2v) is 6.31. The molecule has 1 unspecified atom stereocenters. The van der Waals surface area contributed by atoms with E-state index in [1.54, 1.807) is 11.3 Å². The van der Waals surface area contributed by atoms with Crippen molar-refractivity contribution in [2.75, 3.05) is 6.54 Å². The molecule has 114 valence electrons. The van der Waals surface area contributed by atoms with Crippen LogP contribution in [0, 0.1) is 0 Å². The summed E-state index contributed by atoms with van der Waals surface area (Å²) in [6, 6.07) is 5.64. The highest BCUT2D eigenvalue weighted by Gasteiger charge is 2.31. The summed E-state index contributed by atoms with van der Waals surface area (Å²) in [4.78, 5) is 0. The van der Waals surface area contributed by atoms with Crippen molar-refractivity contribution in [3.8, 4) is 0 Å². The van der Waals surface area contributed by atoms with Gasteiger partial charge in [0.15, 0.2) is 0 Å². The Balaban J connectivity index is 2.34. The van der Waals surface area contributed by atoms with Crippen LogP contribution in [0.5, 0.6) is 0 Å². The van der Waals surface area contributed by atoms with Crippen molar-refractivity contribution < 1.29 is 13.2 Å². The highest BCUT2D eigenvalue weighted by atomic mass is 79.9. The molecular weight excluding hydrogens is 363 g/mol. The van der Waals surface area contributed by atoms with Gasteiger partial charge in [-0.15, -0.1) is 0 Å². The van der Waals surface area contributed by atoms with Crippen LogP contribution < -0.4 is 5.32 Å². The molecule has 1 aromatic heterocycles. The monoisotopic (exact) mass is 377 g/mol. The van der Waals surface area contributed by atoms with E-state index in [2.05, 4.69) is 21.2 Å². The number of halogens is 4. The lowest BCUT2D eigenvalue weighted by Gasteiger charge is -2.21. The minimum absolute atomic E-state index is 0.152. The SMILES string of the molecule is CCNC(Cc1ccsc1)c1cc(C(F)(F)F)ccc1Br. The Morgan fingerprint density at radius 1 is 1.29 bits per heavy atom. The maximum Gasteiger partial charge on any atom is 0.416 e. The lowest BCUT2D eigenvalue weighted by molar-refractivity contribution is -0.137.